The predicted molar refractivity (Wildman–Crippen MR) is 29.5 cm³/mol. The quantitative estimate of drug-likeness (QED) is 0.214. The van der Waals surface area contributed by atoms with Crippen molar-refractivity contribution in [3.63, 3.8) is 0 Å². The maximum atomic E-state index is 9.83. The van der Waals surface area contributed by atoms with Crippen LogP contribution >= 0.6 is 0 Å². The van der Waals surface area contributed by atoms with Crippen LogP contribution in [0.2, 0.25) is 0 Å². The normalized spacial score (nSPS) is 10.7. The SMILES string of the molecule is [Li][C]([N+](=O)[O-])([N+](=O)[O-])[N+](=O)[O-]. The van der Waals surface area contributed by atoms with Crippen molar-refractivity contribution in [3.05, 3.63) is 30.3 Å². The molecule has 56 valence electrons. The minimum absolute atomic E-state index is 0.312. The van der Waals surface area contributed by atoms with Crippen LogP contribution in [0.5, 0.6) is 0 Å². The van der Waals surface area contributed by atoms with E-state index in [1.807, 2.05) is 0 Å². The Kier molecular flexibility index (Phi) is 2.50. The Balaban J connectivity index is 4.99. The number of hydrogen-bond donors (Lipinski definition) is 0. The van der Waals surface area contributed by atoms with E-state index < -0.39 is 19.2 Å². The van der Waals surface area contributed by atoms with E-state index in [0.29, 0.717) is 17.7 Å². The van der Waals surface area contributed by atoms with Gasteiger partial charge >= 0.3 is 67.3 Å². The van der Waals surface area contributed by atoms with E-state index in [1.54, 1.807) is 0 Å². The van der Waals surface area contributed by atoms with Crippen molar-refractivity contribution in [3.8, 4) is 0 Å². The molecule has 10 heteroatoms. The van der Waals surface area contributed by atoms with Crippen LogP contribution in [0.3, 0.4) is 0 Å². The van der Waals surface area contributed by atoms with Crippen molar-refractivity contribution >= 4 is 17.7 Å². The van der Waals surface area contributed by atoms with Gasteiger partial charge in [-0.05, 0) is 0 Å². The van der Waals surface area contributed by atoms with Crippen LogP contribution in [0, 0.1) is 30.3 Å². The van der Waals surface area contributed by atoms with E-state index in [0.717, 1.165) is 0 Å². The second-order valence-corrected chi connectivity index (χ2v) is 1.74. The molecule has 0 atom stereocenters. The van der Waals surface area contributed by atoms with Crippen molar-refractivity contribution in [1.29, 1.82) is 0 Å². The van der Waals surface area contributed by atoms with E-state index in [2.05, 4.69) is 0 Å². The molecule has 0 spiro atoms. The zero-order valence-corrected chi connectivity index (χ0v) is 5.29. The van der Waals surface area contributed by atoms with Crippen LogP contribution < -0.4 is 0 Å². The molecule has 0 aliphatic carbocycles. The molecule has 0 amide bonds. The molecular weight excluding hydrogens is 157 g/mol. The molecule has 0 N–H and O–H groups in total. The third-order valence-electron chi connectivity index (χ3n) is 1.04. The number of nitrogens with zero attached hydrogens (tertiary/aromatic N) is 3. The van der Waals surface area contributed by atoms with Crippen molar-refractivity contribution in [2.45, 2.75) is 4.46 Å². The minimum atomic E-state index is -3.33. The van der Waals surface area contributed by atoms with Gasteiger partial charge < -0.3 is 0 Å². The van der Waals surface area contributed by atoms with Crippen LogP contribution in [0.1, 0.15) is 0 Å². The Morgan fingerprint density at radius 1 is 0.909 bits per heavy atom. The molecule has 0 bridgehead atoms. The predicted octanol–water partition coefficient (Wildman–Crippen LogP) is -1.40. The van der Waals surface area contributed by atoms with Crippen LogP contribution in [0.25, 0.3) is 0 Å². The molecule has 0 aromatic heterocycles. The van der Waals surface area contributed by atoms with Crippen molar-refractivity contribution in [2.24, 2.45) is 0 Å². The van der Waals surface area contributed by atoms with E-state index in [4.69, 9.17) is 0 Å². The van der Waals surface area contributed by atoms with Gasteiger partial charge in [-0.15, -0.1) is 0 Å². The Morgan fingerprint density at radius 3 is 1.09 bits per heavy atom. The zero-order chi connectivity index (χ0) is 9.23. The van der Waals surface area contributed by atoms with E-state index >= 15 is 0 Å². The first kappa shape index (κ1) is 9.80. The van der Waals surface area contributed by atoms with Crippen LogP contribution in [0.4, 0.5) is 0 Å². The van der Waals surface area contributed by atoms with Gasteiger partial charge in [0.2, 0.25) is 0 Å². The summed E-state index contributed by atoms with van der Waals surface area (Å²) in [7, 11) is 0. The Bertz CT molecular complexity index is 188. The summed E-state index contributed by atoms with van der Waals surface area (Å²) in [6.07, 6.45) is 0. The summed E-state index contributed by atoms with van der Waals surface area (Å²) in [6, 6.07) is 0. The van der Waals surface area contributed by atoms with E-state index in [1.165, 1.54) is 0 Å². The van der Waals surface area contributed by atoms with Gasteiger partial charge in [-0.3, -0.25) is 0 Å². The standard InChI is InChI=1S/CN3O6.Li/c5-2(6)1(3(7)8)4(9)10;. The molecule has 0 rings (SSSR count). The van der Waals surface area contributed by atoms with Crippen LogP contribution in [-0.2, 0) is 0 Å². The van der Waals surface area contributed by atoms with Gasteiger partial charge in [0, 0.05) is 0 Å². The van der Waals surface area contributed by atoms with Crippen molar-refractivity contribution < 1.29 is 14.8 Å². The van der Waals surface area contributed by atoms with E-state index in [9.17, 15) is 30.3 Å². The average Bonchev–Trinajstić information content (AvgIpc) is 1.84. The first-order valence-corrected chi connectivity index (χ1v) is 2.27. The summed E-state index contributed by atoms with van der Waals surface area (Å²) < 4.78 is -3.33. The molecule has 11 heavy (non-hydrogen) atoms. The van der Waals surface area contributed by atoms with Crippen LogP contribution in [-0.4, -0.2) is 36.9 Å². The molecule has 0 saturated heterocycles. The molecule has 0 fully saturated rings. The number of rotatable bonds is 3. The summed E-state index contributed by atoms with van der Waals surface area (Å²) in [6.45, 7) is 0. The number of hydrogen-bond acceptors (Lipinski definition) is 6. The maximum absolute atomic E-state index is 9.83. The van der Waals surface area contributed by atoms with Crippen molar-refractivity contribution in [2.75, 3.05) is 0 Å². The van der Waals surface area contributed by atoms with Gasteiger partial charge in [-0.1, -0.05) is 0 Å². The van der Waals surface area contributed by atoms with Gasteiger partial charge in [0.1, 0.15) is 0 Å². The first-order valence-electron chi connectivity index (χ1n) is 2.27. The molecule has 0 aliphatic heterocycles. The van der Waals surface area contributed by atoms with Gasteiger partial charge in [0.15, 0.2) is 0 Å². The summed E-state index contributed by atoms with van der Waals surface area (Å²) in [5, 5.41) is 29.5. The summed E-state index contributed by atoms with van der Waals surface area (Å²) in [4.78, 5) is 24.8. The third kappa shape index (κ3) is 1.44. The topological polar surface area (TPSA) is 129 Å². The van der Waals surface area contributed by atoms with Crippen LogP contribution in [0.15, 0.2) is 0 Å². The summed E-state index contributed by atoms with van der Waals surface area (Å²) in [5.41, 5.74) is 0. The molecular formula is CLiN3O6. The second-order valence-electron chi connectivity index (χ2n) is 1.74. The third-order valence-corrected chi connectivity index (χ3v) is 1.04. The molecule has 0 aromatic rings. The molecule has 0 aromatic carbocycles. The van der Waals surface area contributed by atoms with Crippen molar-refractivity contribution in [1.82, 2.24) is 0 Å². The molecule has 0 aliphatic rings. The first-order chi connectivity index (χ1) is 4.83. The number of nitro groups is 3. The fourth-order valence-electron chi connectivity index (χ4n) is 0.200. The second kappa shape index (κ2) is 2.81. The molecule has 0 unspecified atom stereocenters. The fourth-order valence-corrected chi connectivity index (χ4v) is 0.200. The molecule has 0 heterocycles. The Morgan fingerprint density at radius 2 is 1.09 bits per heavy atom. The zero-order valence-electron chi connectivity index (χ0n) is 5.29. The molecule has 0 radical (unpaired) electrons. The van der Waals surface area contributed by atoms with E-state index in [-0.39, 0.29) is 0 Å². The van der Waals surface area contributed by atoms with Gasteiger partial charge in [0.25, 0.3) is 0 Å². The van der Waals surface area contributed by atoms with Gasteiger partial charge in [0.05, 0.1) is 0 Å². The summed E-state index contributed by atoms with van der Waals surface area (Å²) in [5.74, 6) is 0. The monoisotopic (exact) mass is 157 g/mol. The summed E-state index contributed by atoms with van der Waals surface area (Å²) >= 11 is 0.312. The van der Waals surface area contributed by atoms with Gasteiger partial charge in [-0.25, -0.2) is 0 Å². The average molecular weight is 157 g/mol. The molecule has 9 nitrogen and oxygen atoms in total. The van der Waals surface area contributed by atoms with Gasteiger partial charge in [-0.2, -0.15) is 0 Å². The Labute approximate surface area is 68.0 Å². The fraction of sp³-hybridized carbons (Fsp3) is 1.00. The Hall–Kier alpha value is -1.20. The molecule has 0 saturated carbocycles.